The molecule has 0 radical (unpaired) electrons. The summed E-state index contributed by atoms with van der Waals surface area (Å²) < 4.78 is 0. The van der Waals surface area contributed by atoms with Crippen LogP contribution in [0.3, 0.4) is 0 Å². The van der Waals surface area contributed by atoms with Gasteiger partial charge in [-0.15, -0.1) is 0 Å². The van der Waals surface area contributed by atoms with Crippen LogP contribution in [0.4, 0.5) is 5.69 Å². The first-order valence-electron chi connectivity index (χ1n) is 6.62. The van der Waals surface area contributed by atoms with Crippen LogP contribution in [0.5, 0.6) is 0 Å². The average Bonchev–Trinajstić information content (AvgIpc) is 2.41. The molecule has 104 valence electrons. The number of carbonyl (C=O) groups excluding carboxylic acids is 1. The van der Waals surface area contributed by atoms with E-state index in [9.17, 15) is 9.90 Å². The standard InChI is InChI=1S/C14H19ClN2O2/c1-2-16-13-4-3-10(15)9-12(13)14(19)17-7-5-11(18)6-8-17/h3-4,9,11,16,18H,2,5-8H2,1H3. The average molecular weight is 283 g/mol. The number of aliphatic hydroxyl groups is 1. The third-order valence-corrected chi connectivity index (χ3v) is 3.57. The van der Waals surface area contributed by atoms with Gasteiger partial charge in [-0.2, -0.15) is 0 Å². The largest absolute Gasteiger partial charge is 0.393 e. The number of likely N-dealkylation sites (tertiary alicyclic amines) is 1. The Morgan fingerprint density at radius 2 is 2.16 bits per heavy atom. The number of hydrogen-bond acceptors (Lipinski definition) is 3. The summed E-state index contributed by atoms with van der Waals surface area (Å²) in [5.41, 5.74) is 1.41. The Kier molecular flexibility index (Phi) is 4.66. The van der Waals surface area contributed by atoms with Gasteiger partial charge in [0.25, 0.3) is 5.91 Å². The van der Waals surface area contributed by atoms with Crippen molar-refractivity contribution in [2.75, 3.05) is 25.0 Å². The fourth-order valence-electron chi connectivity index (χ4n) is 2.28. The van der Waals surface area contributed by atoms with E-state index in [2.05, 4.69) is 5.32 Å². The molecular weight excluding hydrogens is 264 g/mol. The maximum Gasteiger partial charge on any atom is 0.256 e. The van der Waals surface area contributed by atoms with Crippen LogP contribution in [0.25, 0.3) is 0 Å². The maximum atomic E-state index is 12.5. The number of halogens is 1. The predicted molar refractivity (Wildman–Crippen MR) is 76.8 cm³/mol. The Labute approximate surface area is 118 Å². The van der Waals surface area contributed by atoms with Gasteiger partial charge in [0, 0.05) is 30.3 Å². The summed E-state index contributed by atoms with van der Waals surface area (Å²) in [5.74, 6) is -0.0228. The molecule has 1 amide bonds. The number of amides is 1. The molecule has 0 aliphatic carbocycles. The van der Waals surface area contributed by atoms with E-state index in [1.54, 1.807) is 17.0 Å². The lowest BCUT2D eigenvalue weighted by molar-refractivity contribution is 0.0547. The van der Waals surface area contributed by atoms with E-state index in [4.69, 9.17) is 11.6 Å². The first kappa shape index (κ1) is 14.2. The first-order chi connectivity index (χ1) is 9.11. The van der Waals surface area contributed by atoms with Crippen LogP contribution in [0.2, 0.25) is 5.02 Å². The summed E-state index contributed by atoms with van der Waals surface area (Å²) in [7, 11) is 0. The summed E-state index contributed by atoms with van der Waals surface area (Å²) >= 11 is 5.98. The minimum absolute atomic E-state index is 0.0228. The Hall–Kier alpha value is -1.26. The van der Waals surface area contributed by atoms with Gasteiger partial charge in [0.05, 0.1) is 11.7 Å². The summed E-state index contributed by atoms with van der Waals surface area (Å²) in [4.78, 5) is 14.3. The summed E-state index contributed by atoms with van der Waals surface area (Å²) in [6.07, 6.45) is 1.00. The predicted octanol–water partition coefficient (Wildman–Crippen LogP) is 2.37. The maximum absolute atomic E-state index is 12.5. The van der Waals surface area contributed by atoms with Gasteiger partial charge in [0.2, 0.25) is 0 Å². The Balaban J connectivity index is 2.20. The number of piperidine rings is 1. The molecule has 0 bridgehead atoms. The molecule has 1 heterocycles. The topological polar surface area (TPSA) is 52.6 Å². The van der Waals surface area contributed by atoms with Crippen LogP contribution in [0.1, 0.15) is 30.1 Å². The second kappa shape index (κ2) is 6.26. The molecule has 4 nitrogen and oxygen atoms in total. The van der Waals surface area contributed by atoms with Crippen molar-refractivity contribution >= 4 is 23.2 Å². The highest BCUT2D eigenvalue weighted by Crippen LogP contribution is 2.23. The molecule has 1 fully saturated rings. The SMILES string of the molecule is CCNc1ccc(Cl)cc1C(=O)N1CCC(O)CC1. The van der Waals surface area contributed by atoms with E-state index in [-0.39, 0.29) is 12.0 Å². The van der Waals surface area contributed by atoms with Crippen LogP contribution < -0.4 is 5.32 Å². The van der Waals surface area contributed by atoms with Crippen molar-refractivity contribution in [3.8, 4) is 0 Å². The van der Waals surface area contributed by atoms with Crippen LogP contribution in [0, 0.1) is 0 Å². The van der Waals surface area contributed by atoms with Crippen molar-refractivity contribution in [2.45, 2.75) is 25.9 Å². The molecule has 0 spiro atoms. The molecule has 0 atom stereocenters. The van der Waals surface area contributed by atoms with Crippen molar-refractivity contribution < 1.29 is 9.90 Å². The van der Waals surface area contributed by atoms with Gasteiger partial charge >= 0.3 is 0 Å². The van der Waals surface area contributed by atoms with E-state index < -0.39 is 0 Å². The van der Waals surface area contributed by atoms with E-state index >= 15 is 0 Å². The second-order valence-corrected chi connectivity index (χ2v) is 5.18. The fraction of sp³-hybridized carbons (Fsp3) is 0.500. The normalized spacial score (nSPS) is 16.5. The van der Waals surface area contributed by atoms with Gasteiger partial charge in [-0.3, -0.25) is 4.79 Å². The number of nitrogens with one attached hydrogen (secondary N) is 1. The number of hydrogen-bond donors (Lipinski definition) is 2. The molecule has 1 aliphatic heterocycles. The molecule has 0 aromatic heterocycles. The zero-order valence-electron chi connectivity index (χ0n) is 11.0. The van der Waals surface area contributed by atoms with Gasteiger partial charge < -0.3 is 15.3 Å². The molecule has 5 heteroatoms. The van der Waals surface area contributed by atoms with E-state index in [0.717, 1.165) is 12.2 Å². The smallest absolute Gasteiger partial charge is 0.256 e. The van der Waals surface area contributed by atoms with Crippen molar-refractivity contribution in [3.05, 3.63) is 28.8 Å². The summed E-state index contributed by atoms with van der Waals surface area (Å²) in [6.45, 7) is 3.93. The van der Waals surface area contributed by atoms with Crippen LogP contribution in [-0.4, -0.2) is 41.7 Å². The molecule has 1 aromatic carbocycles. The monoisotopic (exact) mass is 282 g/mol. The Bertz CT molecular complexity index is 457. The zero-order chi connectivity index (χ0) is 13.8. The third-order valence-electron chi connectivity index (χ3n) is 3.33. The summed E-state index contributed by atoms with van der Waals surface area (Å²) in [5, 5.41) is 13.2. The molecule has 19 heavy (non-hydrogen) atoms. The lowest BCUT2D eigenvalue weighted by Crippen LogP contribution is -2.40. The number of carbonyl (C=O) groups is 1. The van der Waals surface area contributed by atoms with Crippen LogP contribution >= 0.6 is 11.6 Å². The molecule has 2 rings (SSSR count). The molecule has 2 N–H and O–H groups in total. The van der Waals surface area contributed by atoms with E-state index in [1.807, 2.05) is 13.0 Å². The minimum Gasteiger partial charge on any atom is -0.393 e. The minimum atomic E-state index is -0.281. The lowest BCUT2D eigenvalue weighted by atomic mass is 10.1. The van der Waals surface area contributed by atoms with Gasteiger partial charge in [-0.25, -0.2) is 0 Å². The highest BCUT2D eigenvalue weighted by Gasteiger charge is 2.24. The van der Waals surface area contributed by atoms with Gasteiger partial charge in [-0.05, 0) is 38.0 Å². The molecule has 0 saturated carbocycles. The number of aliphatic hydroxyl groups excluding tert-OH is 1. The Morgan fingerprint density at radius 3 is 2.79 bits per heavy atom. The summed E-state index contributed by atoms with van der Waals surface area (Å²) in [6, 6.07) is 5.31. The van der Waals surface area contributed by atoms with E-state index in [0.29, 0.717) is 36.5 Å². The lowest BCUT2D eigenvalue weighted by Gasteiger charge is -2.30. The molecule has 1 saturated heterocycles. The fourth-order valence-corrected chi connectivity index (χ4v) is 2.45. The van der Waals surface area contributed by atoms with Crippen molar-refractivity contribution in [1.29, 1.82) is 0 Å². The highest BCUT2D eigenvalue weighted by molar-refractivity contribution is 6.31. The quantitative estimate of drug-likeness (QED) is 0.895. The van der Waals surface area contributed by atoms with Crippen LogP contribution in [-0.2, 0) is 0 Å². The highest BCUT2D eigenvalue weighted by atomic mass is 35.5. The number of rotatable bonds is 3. The van der Waals surface area contributed by atoms with Gasteiger partial charge in [0.1, 0.15) is 0 Å². The molecule has 0 unspecified atom stereocenters. The van der Waals surface area contributed by atoms with Crippen LogP contribution in [0.15, 0.2) is 18.2 Å². The number of nitrogens with zero attached hydrogens (tertiary/aromatic N) is 1. The Morgan fingerprint density at radius 1 is 1.47 bits per heavy atom. The molecule has 1 aromatic rings. The van der Waals surface area contributed by atoms with Crippen molar-refractivity contribution in [3.63, 3.8) is 0 Å². The van der Waals surface area contributed by atoms with Gasteiger partial charge in [-0.1, -0.05) is 11.6 Å². The second-order valence-electron chi connectivity index (χ2n) is 4.74. The number of benzene rings is 1. The molecular formula is C14H19ClN2O2. The zero-order valence-corrected chi connectivity index (χ0v) is 11.8. The third kappa shape index (κ3) is 3.39. The number of anilines is 1. The molecule has 1 aliphatic rings. The van der Waals surface area contributed by atoms with E-state index in [1.165, 1.54) is 0 Å². The van der Waals surface area contributed by atoms with Gasteiger partial charge in [0.15, 0.2) is 0 Å². The van der Waals surface area contributed by atoms with Crippen molar-refractivity contribution in [1.82, 2.24) is 4.90 Å². The first-order valence-corrected chi connectivity index (χ1v) is 7.00. The van der Waals surface area contributed by atoms with Crippen molar-refractivity contribution in [2.24, 2.45) is 0 Å².